The van der Waals surface area contributed by atoms with Crippen molar-refractivity contribution in [3.05, 3.63) is 65.5 Å². The summed E-state index contributed by atoms with van der Waals surface area (Å²) in [5.74, 6) is 0.527. The highest BCUT2D eigenvalue weighted by molar-refractivity contribution is 5.27. The Hall–Kier alpha value is -1.91. The summed E-state index contributed by atoms with van der Waals surface area (Å²) in [4.78, 5) is 2.07. The third kappa shape index (κ3) is 6.00. The zero-order valence-corrected chi connectivity index (χ0v) is 13.7. The molecule has 124 valence electrons. The SMILES string of the molecule is CCN(Cc1cccc(F)c1)CC(O)COc1cccc(C)c1. The van der Waals surface area contributed by atoms with Gasteiger partial charge in [0.15, 0.2) is 0 Å². The van der Waals surface area contributed by atoms with Crippen molar-refractivity contribution in [3.63, 3.8) is 0 Å². The van der Waals surface area contributed by atoms with Crippen LogP contribution in [0.15, 0.2) is 48.5 Å². The van der Waals surface area contributed by atoms with Crippen molar-refractivity contribution >= 4 is 0 Å². The minimum atomic E-state index is -0.593. The summed E-state index contributed by atoms with van der Waals surface area (Å²) in [5, 5.41) is 10.2. The van der Waals surface area contributed by atoms with E-state index in [1.165, 1.54) is 12.1 Å². The second kappa shape index (κ2) is 8.65. The number of aliphatic hydroxyl groups is 1. The number of rotatable bonds is 8. The van der Waals surface area contributed by atoms with E-state index in [-0.39, 0.29) is 12.4 Å². The number of aryl methyl sites for hydroxylation is 1. The molecule has 0 amide bonds. The summed E-state index contributed by atoms with van der Waals surface area (Å²) < 4.78 is 18.9. The van der Waals surface area contributed by atoms with Crippen LogP contribution >= 0.6 is 0 Å². The minimum Gasteiger partial charge on any atom is -0.491 e. The molecule has 0 aliphatic carbocycles. The maximum atomic E-state index is 13.2. The Bertz CT molecular complexity index is 618. The van der Waals surface area contributed by atoms with Crippen LogP contribution in [-0.2, 0) is 6.54 Å². The van der Waals surface area contributed by atoms with E-state index in [1.807, 2.05) is 44.2 Å². The molecule has 1 unspecified atom stereocenters. The third-order valence-corrected chi connectivity index (χ3v) is 3.64. The summed E-state index contributed by atoms with van der Waals surface area (Å²) in [6.07, 6.45) is -0.593. The van der Waals surface area contributed by atoms with E-state index in [2.05, 4.69) is 4.90 Å². The molecule has 0 spiro atoms. The molecule has 4 heteroatoms. The van der Waals surface area contributed by atoms with Gasteiger partial charge in [-0.15, -0.1) is 0 Å². The molecular formula is C19H24FNO2. The van der Waals surface area contributed by atoms with Crippen LogP contribution in [0.5, 0.6) is 5.75 Å². The number of benzene rings is 2. The predicted octanol–water partition coefficient (Wildman–Crippen LogP) is 3.40. The number of ether oxygens (including phenoxy) is 1. The Labute approximate surface area is 137 Å². The summed E-state index contributed by atoms with van der Waals surface area (Å²) in [7, 11) is 0. The van der Waals surface area contributed by atoms with Gasteiger partial charge in [0, 0.05) is 13.1 Å². The highest BCUT2D eigenvalue weighted by Crippen LogP contribution is 2.13. The molecule has 1 N–H and O–H groups in total. The topological polar surface area (TPSA) is 32.7 Å². The van der Waals surface area contributed by atoms with Gasteiger partial charge in [-0.05, 0) is 48.9 Å². The molecular weight excluding hydrogens is 293 g/mol. The van der Waals surface area contributed by atoms with Gasteiger partial charge in [0.2, 0.25) is 0 Å². The maximum absolute atomic E-state index is 13.2. The molecule has 2 aromatic carbocycles. The van der Waals surface area contributed by atoms with Crippen LogP contribution in [0.2, 0.25) is 0 Å². The van der Waals surface area contributed by atoms with Crippen molar-refractivity contribution < 1.29 is 14.2 Å². The number of hydrogen-bond acceptors (Lipinski definition) is 3. The first-order valence-electron chi connectivity index (χ1n) is 7.91. The van der Waals surface area contributed by atoms with Crippen molar-refractivity contribution in [2.24, 2.45) is 0 Å². The molecule has 2 aromatic rings. The van der Waals surface area contributed by atoms with Gasteiger partial charge in [-0.2, -0.15) is 0 Å². The van der Waals surface area contributed by atoms with Crippen LogP contribution in [0, 0.1) is 12.7 Å². The Morgan fingerprint density at radius 1 is 1.17 bits per heavy atom. The lowest BCUT2D eigenvalue weighted by atomic mass is 10.2. The number of aliphatic hydroxyl groups excluding tert-OH is 1. The summed E-state index contributed by atoms with van der Waals surface area (Å²) in [6.45, 7) is 6.13. The number of likely N-dealkylation sites (N-methyl/N-ethyl adjacent to an activating group) is 1. The Morgan fingerprint density at radius 2 is 1.96 bits per heavy atom. The van der Waals surface area contributed by atoms with E-state index in [9.17, 15) is 9.50 Å². The Morgan fingerprint density at radius 3 is 2.65 bits per heavy atom. The van der Waals surface area contributed by atoms with Gasteiger partial charge in [-0.3, -0.25) is 4.90 Å². The van der Waals surface area contributed by atoms with E-state index in [0.717, 1.165) is 23.4 Å². The molecule has 0 aliphatic rings. The molecule has 0 aromatic heterocycles. The normalized spacial score (nSPS) is 12.4. The first-order chi connectivity index (χ1) is 11.1. The average Bonchev–Trinajstić information content (AvgIpc) is 2.52. The van der Waals surface area contributed by atoms with Crippen LogP contribution in [0.4, 0.5) is 4.39 Å². The van der Waals surface area contributed by atoms with E-state index in [0.29, 0.717) is 13.1 Å². The number of nitrogens with zero attached hydrogens (tertiary/aromatic N) is 1. The molecule has 2 rings (SSSR count). The smallest absolute Gasteiger partial charge is 0.123 e. The van der Waals surface area contributed by atoms with Gasteiger partial charge in [-0.1, -0.05) is 31.2 Å². The third-order valence-electron chi connectivity index (χ3n) is 3.64. The fraction of sp³-hybridized carbons (Fsp3) is 0.368. The molecule has 0 radical (unpaired) electrons. The molecule has 1 atom stereocenters. The van der Waals surface area contributed by atoms with Crippen LogP contribution in [0.3, 0.4) is 0 Å². The van der Waals surface area contributed by atoms with Crippen LogP contribution in [0.25, 0.3) is 0 Å². The molecule has 0 bridgehead atoms. The van der Waals surface area contributed by atoms with Gasteiger partial charge < -0.3 is 9.84 Å². The molecule has 0 saturated heterocycles. The lowest BCUT2D eigenvalue weighted by molar-refractivity contribution is 0.0674. The van der Waals surface area contributed by atoms with Gasteiger partial charge >= 0.3 is 0 Å². The minimum absolute atomic E-state index is 0.234. The monoisotopic (exact) mass is 317 g/mol. The van der Waals surface area contributed by atoms with Crippen LogP contribution < -0.4 is 4.74 Å². The second-order valence-electron chi connectivity index (χ2n) is 5.74. The molecule has 0 fully saturated rings. The van der Waals surface area contributed by atoms with E-state index >= 15 is 0 Å². The second-order valence-corrected chi connectivity index (χ2v) is 5.74. The van der Waals surface area contributed by atoms with Crippen molar-refractivity contribution in [1.29, 1.82) is 0 Å². The molecule has 0 saturated carbocycles. The average molecular weight is 317 g/mol. The fourth-order valence-corrected chi connectivity index (χ4v) is 2.45. The molecule has 3 nitrogen and oxygen atoms in total. The maximum Gasteiger partial charge on any atom is 0.123 e. The molecule has 23 heavy (non-hydrogen) atoms. The van der Waals surface area contributed by atoms with Crippen molar-refractivity contribution in [2.45, 2.75) is 26.5 Å². The number of halogens is 1. The van der Waals surface area contributed by atoms with E-state index in [4.69, 9.17) is 4.74 Å². The quantitative estimate of drug-likeness (QED) is 0.810. The van der Waals surface area contributed by atoms with Crippen molar-refractivity contribution in [2.75, 3.05) is 19.7 Å². The highest BCUT2D eigenvalue weighted by Gasteiger charge is 2.12. The van der Waals surface area contributed by atoms with Gasteiger partial charge in [0.05, 0.1) is 0 Å². The Kier molecular flexibility index (Phi) is 6.56. The van der Waals surface area contributed by atoms with E-state index in [1.54, 1.807) is 6.07 Å². The standard InChI is InChI=1S/C19H24FNO2/c1-3-21(12-16-7-5-8-17(20)11-16)13-18(22)14-23-19-9-4-6-15(2)10-19/h4-11,18,22H,3,12-14H2,1-2H3. The lowest BCUT2D eigenvalue weighted by Gasteiger charge is -2.23. The lowest BCUT2D eigenvalue weighted by Crippen LogP contribution is -2.35. The predicted molar refractivity (Wildman–Crippen MR) is 90.0 cm³/mol. The van der Waals surface area contributed by atoms with Crippen molar-refractivity contribution in [3.8, 4) is 5.75 Å². The van der Waals surface area contributed by atoms with Gasteiger partial charge in [0.1, 0.15) is 24.3 Å². The van der Waals surface area contributed by atoms with Gasteiger partial charge in [0.25, 0.3) is 0 Å². The first kappa shape index (κ1) is 17.4. The fourth-order valence-electron chi connectivity index (χ4n) is 2.45. The van der Waals surface area contributed by atoms with E-state index < -0.39 is 6.10 Å². The zero-order chi connectivity index (χ0) is 16.7. The van der Waals surface area contributed by atoms with Crippen molar-refractivity contribution in [1.82, 2.24) is 4.90 Å². The van der Waals surface area contributed by atoms with Crippen LogP contribution in [-0.4, -0.2) is 35.8 Å². The molecule has 0 heterocycles. The summed E-state index contributed by atoms with van der Waals surface area (Å²) in [6, 6.07) is 14.3. The van der Waals surface area contributed by atoms with Crippen LogP contribution in [0.1, 0.15) is 18.1 Å². The number of hydrogen-bond donors (Lipinski definition) is 1. The highest BCUT2D eigenvalue weighted by atomic mass is 19.1. The largest absolute Gasteiger partial charge is 0.491 e. The Balaban J connectivity index is 1.83. The summed E-state index contributed by atoms with van der Waals surface area (Å²) >= 11 is 0. The molecule has 0 aliphatic heterocycles. The first-order valence-corrected chi connectivity index (χ1v) is 7.91. The summed E-state index contributed by atoms with van der Waals surface area (Å²) in [5.41, 5.74) is 2.02. The van der Waals surface area contributed by atoms with Gasteiger partial charge in [-0.25, -0.2) is 4.39 Å². The zero-order valence-electron chi connectivity index (χ0n) is 13.7.